The monoisotopic (exact) mass is 212 g/mol. The molecular weight excluding hydrogens is 203 g/mol. The normalized spacial score (nSPS) is 13.7. The molecule has 1 aliphatic carbocycles. The first-order valence-electron chi connectivity index (χ1n) is 3.16. The van der Waals surface area contributed by atoms with Crippen LogP contribution in [0, 0.1) is 0 Å². The molecule has 0 amide bonds. The van der Waals surface area contributed by atoms with Crippen molar-refractivity contribution in [2.75, 3.05) is 0 Å². The Kier molecular flexibility index (Phi) is 8.49. The van der Waals surface area contributed by atoms with Crippen LogP contribution in [0.1, 0.15) is 19.8 Å². The summed E-state index contributed by atoms with van der Waals surface area (Å²) in [7, 11) is 9.78. The molecule has 0 aliphatic heterocycles. The third-order valence-electron chi connectivity index (χ3n) is 1.30. The van der Waals surface area contributed by atoms with Gasteiger partial charge in [-0.25, -0.2) is 0 Å². The Morgan fingerprint density at radius 3 is 2.40 bits per heavy atom. The molecule has 0 fully saturated rings. The van der Waals surface area contributed by atoms with Gasteiger partial charge in [-0.05, 0) is 12.8 Å². The van der Waals surface area contributed by atoms with Crippen molar-refractivity contribution in [3.63, 3.8) is 0 Å². The summed E-state index contributed by atoms with van der Waals surface area (Å²) in [6.45, 7) is 2.19. The van der Waals surface area contributed by atoms with Gasteiger partial charge in [0.05, 0.1) is 0 Å². The van der Waals surface area contributed by atoms with Crippen molar-refractivity contribution in [1.29, 1.82) is 0 Å². The molecule has 0 aromatic rings. The van der Waals surface area contributed by atoms with E-state index >= 15 is 0 Å². The molecule has 0 heterocycles. The molecule has 0 N–H and O–H groups in total. The van der Waals surface area contributed by atoms with Crippen LogP contribution in [-0.4, -0.2) is 0 Å². The predicted molar refractivity (Wildman–Crippen MR) is 43.8 cm³/mol. The topological polar surface area (TPSA) is 0 Å². The zero-order valence-electron chi connectivity index (χ0n) is 5.90. The van der Waals surface area contributed by atoms with Crippen molar-refractivity contribution in [2.45, 2.75) is 19.8 Å². The molecule has 0 unspecified atom stereocenters. The van der Waals surface area contributed by atoms with E-state index in [0.717, 1.165) is 0 Å². The molecule has 0 radical (unpaired) electrons. The van der Waals surface area contributed by atoms with Gasteiger partial charge in [0.15, 0.2) is 0 Å². The second-order valence-corrected chi connectivity index (χ2v) is 4.46. The van der Waals surface area contributed by atoms with E-state index in [9.17, 15) is 0 Å². The quantitative estimate of drug-likeness (QED) is 0.583. The standard InChI is InChI=1S/C7H10.2ClH.Ti/c1-2-7-5-3-4-6-7;;;/h3-5H,2,6H2,1H3;2*1H;/q;;;+2/p-2. The summed E-state index contributed by atoms with van der Waals surface area (Å²) in [5.41, 5.74) is 1.56. The van der Waals surface area contributed by atoms with Crippen LogP contribution in [0.3, 0.4) is 0 Å². The number of rotatable bonds is 1. The van der Waals surface area contributed by atoms with Crippen molar-refractivity contribution in [3.05, 3.63) is 23.8 Å². The first kappa shape index (κ1) is 10.8. The third-order valence-corrected chi connectivity index (χ3v) is 1.30. The van der Waals surface area contributed by atoms with Crippen molar-refractivity contribution >= 4 is 18.6 Å². The van der Waals surface area contributed by atoms with Gasteiger partial charge in [-0.2, -0.15) is 0 Å². The minimum atomic E-state index is -0.556. The van der Waals surface area contributed by atoms with E-state index in [1.165, 1.54) is 12.8 Å². The van der Waals surface area contributed by atoms with E-state index in [0.29, 0.717) is 0 Å². The van der Waals surface area contributed by atoms with Gasteiger partial charge < -0.3 is 0 Å². The molecule has 10 heavy (non-hydrogen) atoms. The van der Waals surface area contributed by atoms with Gasteiger partial charge in [0, 0.05) is 0 Å². The fourth-order valence-electron chi connectivity index (χ4n) is 0.754. The van der Waals surface area contributed by atoms with Crippen molar-refractivity contribution in [3.8, 4) is 0 Å². The van der Waals surface area contributed by atoms with Crippen molar-refractivity contribution in [2.24, 2.45) is 0 Å². The van der Waals surface area contributed by atoms with Gasteiger partial charge >= 0.3 is 35.6 Å². The van der Waals surface area contributed by atoms with E-state index in [1.807, 2.05) is 0 Å². The average Bonchev–Trinajstić information content (AvgIpc) is 2.39. The number of halogens is 2. The van der Waals surface area contributed by atoms with E-state index in [1.54, 1.807) is 5.57 Å². The van der Waals surface area contributed by atoms with Crippen LogP contribution in [-0.2, 0) is 17.0 Å². The summed E-state index contributed by atoms with van der Waals surface area (Å²) in [5.74, 6) is 0. The fraction of sp³-hybridized carbons (Fsp3) is 0.429. The van der Waals surface area contributed by atoms with Gasteiger partial charge in [0.25, 0.3) is 0 Å². The van der Waals surface area contributed by atoms with E-state index < -0.39 is 17.0 Å². The van der Waals surface area contributed by atoms with Crippen LogP contribution < -0.4 is 0 Å². The number of hydrogen-bond donors (Lipinski definition) is 0. The third kappa shape index (κ3) is 5.55. The van der Waals surface area contributed by atoms with E-state index in [2.05, 4.69) is 25.2 Å². The van der Waals surface area contributed by atoms with Gasteiger partial charge in [-0.3, -0.25) is 0 Å². The Hall–Kier alpha value is 0.774. The van der Waals surface area contributed by atoms with E-state index in [-0.39, 0.29) is 0 Å². The first-order valence-corrected chi connectivity index (χ1v) is 7.45. The second-order valence-electron chi connectivity index (χ2n) is 1.88. The molecule has 0 bridgehead atoms. The molecular formula is C7H10Cl2Ti. The molecule has 56 valence electrons. The zero-order valence-corrected chi connectivity index (χ0v) is 8.98. The van der Waals surface area contributed by atoms with Gasteiger partial charge in [-0.15, -0.1) is 0 Å². The molecule has 0 aromatic carbocycles. The fourth-order valence-corrected chi connectivity index (χ4v) is 0.754. The molecule has 1 rings (SSSR count). The van der Waals surface area contributed by atoms with Crippen LogP contribution in [0.15, 0.2) is 23.8 Å². The van der Waals surface area contributed by atoms with Crippen LogP contribution >= 0.6 is 18.6 Å². The number of hydrogen-bond acceptors (Lipinski definition) is 0. The Morgan fingerprint density at radius 1 is 1.60 bits per heavy atom. The Balaban J connectivity index is 0.000000236. The molecule has 1 aliphatic rings. The molecule has 3 heteroatoms. The van der Waals surface area contributed by atoms with Gasteiger partial charge in [0.2, 0.25) is 0 Å². The summed E-state index contributed by atoms with van der Waals surface area (Å²) in [6.07, 6.45) is 8.92. The minimum absolute atomic E-state index is 0.556. The molecule has 0 spiro atoms. The summed E-state index contributed by atoms with van der Waals surface area (Å²) < 4.78 is 0. The molecule has 0 atom stereocenters. The molecule has 0 aromatic heterocycles. The molecule has 0 saturated heterocycles. The van der Waals surface area contributed by atoms with E-state index in [4.69, 9.17) is 18.6 Å². The molecule has 0 nitrogen and oxygen atoms in total. The second kappa shape index (κ2) is 7.88. The first-order chi connectivity index (χ1) is 4.85. The maximum absolute atomic E-state index is 4.89. The van der Waals surface area contributed by atoms with Crippen LogP contribution in [0.4, 0.5) is 0 Å². The number of allylic oxidation sites excluding steroid dienone is 4. The van der Waals surface area contributed by atoms with Gasteiger partial charge in [0.1, 0.15) is 0 Å². The Labute approximate surface area is 79.0 Å². The van der Waals surface area contributed by atoms with Crippen LogP contribution in [0.5, 0.6) is 0 Å². The summed E-state index contributed by atoms with van der Waals surface area (Å²) >= 11 is -0.556. The van der Waals surface area contributed by atoms with Crippen molar-refractivity contribution < 1.29 is 17.0 Å². The van der Waals surface area contributed by atoms with Crippen LogP contribution in [0.2, 0.25) is 0 Å². The molecule has 0 saturated carbocycles. The summed E-state index contributed by atoms with van der Waals surface area (Å²) in [4.78, 5) is 0. The Bertz CT molecular complexity index is 130. The predicted octanol–water partition coefficient (Wildman–Crippen LogP) is 3.66. The summed E-state index contributed by atoms with van der Waals surface area (Å²) in [6, 6.07) is 0. The maximum atomic E-state index is 4.89. The van der Waals surface area contributed by atoms with Crippen molar-refractivity contribution in [1.82, 2.24) is 0 Å². The summed E-state index contributed by atoms with van der Waals surface area (Å²) in [5, 5.41) is 0. The van der Waals surface area contributed by atoms with Gasteiger partial charge in [-0.1, -0.05) is 30.7 Å². The Morgan fingerprint density at radius 2 is 2.20 bits per heavy atom. The SMILES string of the molecule is CCC1=CC=CC1.[Cl][Ti][Cl]. The average molecular weight is 213 g/mol. The zero-order chi connectivity index (χ0) is 7.82. The van der Waals surface area contributed by atoms with Crippen LogP contribution in [0.25, 0.3) is 0 Å².